The summed E-state index contributed by atoms with van der Waals surface area (Å²) in [7, 11) is 1.51. The average Bonchev–Trinajstić information content (AvgIpc) is 3.15. The highest BCUT2D eigenvalue weighted by atomic mass is 16.5. The van der Waals surface area contributed by atoms with E-state index in [1.807, 2.05) is 57.2 Å². The van der Waals surface area contributed by atoms with Crippen molar-refractivity contribution in [1.82, 2.24) is 15.6 Å². The van der Waals surface area contributed by atoms with Gasteiger partial charge in [-0.15, -0.1) is 0 Å². The molecule has 0 spiro atoms. The molecule has 0 bridgehead atoms. The number of nitrogens with two attached hydrogens (primary N) is 1. The van der Waals surface area contributed by atoms with Gasteiger partial charge in [0.15, 0.2) is 5.78 Å². The van der Waals surface area contributed by atoms with E-state index in [0.29, 0.717) is 39.2 Å². The van der Waals surface area contributed by atoms with Gasteiger partial charge in [-0.3, -0.25) is 14.4 Å². The first-order chi connectivity index (χ1) is 18.3. The molecule has 0 aliphatic carbocycles. The molecule has 0 saturated heterocycles. The van der Waals surface area contributed by atoms with Gasteiger partial charge in [0.1, 0.15) is 5.66 Å². The fourth-order valence-corrected chi connectivity index (χ4v) is 4.59. The summed E-state index contributed by atoms with van der Waals surface area (Å²) in [5.74, 6) is -0.738. The van der Waals surface area contributed by atoms with E-state index in [0.717, 1.165) is 11.1 Å². The minimum atomic E-state index is -1.04. The summed E-state index contributed by atoms with van der Waals surface area (Å²) in [4.78, 5) is 42.2. The molecule has 0 aliphatic heterocycles. The molecular weight excluding hydrogens is 492 g/mol. The fourth-order valence-electron chi connectivity index (χ4n) is 4.59. The number of benzene rings is 2. The molecule has 5 N–H and O–H groups in total. The number of rotatable bonds is 10. The third kappa shape index (κ3) is 7.10. The number of Topliss-reactive ketones (excluding diaryl/α,β-unsaturated/α-hetero) is 1. The first-order valence-electron chi connectivity index (χ1n) is 12.8. The second kappa shape index (κ2) is 12.2. The topological polar surface area (TPSA) is 126 Å². The number of nitrogens with one attached hydrogen (secondary N) is 3. The third-order valence-electron chi connectivity index (χ3n) is 6.65. The van der Waals surface area contributed by atoms with Crippen molar-refractivity contribution in [3.8, 4) is 0 Å². The summed E-state index contributed by atoms with van der Waals surface area (Å²) in [5.41, 5.74) is 10.9. The minimum absolute atomic E-state index is 0.149. The summed E-state index contributed by atoms with van der Waals surface area (Å²) in [6, 6.07) is 14.8. The fraction of sp³-hybridized carbons (Fsp3) is 0.323. The van der Waals surface area contributed by atoms with Crippen LogP contribution in [0.15, 0.2) is 48.5 Å². The van der Waals surface area contributed by atoms with E-state index in [-0.39, 0.29) is 30.2 Å². The van der Waals surface area contributed by atoms with Crippen molar-refractivity contribution in [2.45, 2.75) is 53.2 Å². The van der Waals surface area contributed by atoms with Gasteiger partial charge in [0.2, 0.25) is 0 Å². The Morgan fingerprint density at radius 1 is 1.08 bits per heavy atom. The van der Waals surface area contributed by atoms with Crippen molar-refractivity contribution in [2.24, 2.45) is 5.73 Å². The molecule has 206 valence electrons. The Morgan fingerprint density at radius 3 is 2.36 bits per heavy atom. The van der Waals surface area contributed by atoms with E-state index in [9.17, 15) is 14.4 Å². The van der Waals surface area contributed by atoms with Gasteiger partial charge in [0.25, 0.3) is 11.8 Å². The van der Waals surface area contributed by atoms with Gasteiger partial charge in [0, 0.05) is 29.6 Å². The van der Waals surface area contributed by atoms with Crippen LogP contribution in [0.3, 0.4) is 0 Å². The smallest absolute Gasteiger partial charge is 0.254 e. The van der Waals surface area contributed by atoms with Crippen LogP contribution in [0.1, 0.15) is 81.2 Å². The molecule has 8 heteroatoms. The number of hydrogen-bond acceptors (Lipinski definition) is 5. The molecule has 2 amide bonds. The van der Waals surface area contributed by atoms with Crippen molar-refractivity contribution in [3.05, 3.63) is 93.3 Å². The van der Waals surface area contributed by atoms with Crippen molar-refractivity contribution in [2.75, 3.05) is 13.7 Å². The van der Waals surface area contributed by atoms with Crippen molar-refractivity contribution < 1.29 is 19.1 Å². The number of ether oxygens (including phenoxy) is 1. The molecule has 0 aliphatic rings. The highest BCUT2D eigenvalue weighted by Crippen LogP contribution is 2.27. The zero-order valence-electron chi connectivity index (χ0n) is 23.7. The summed E-state index contributed by atoms with van der Waals surface area (Å²) in [6.07, 6.45) is 1.73. The number of carbonyl (C=O) groups excluding carboxylic acids is 3. The average molecular weight is 531 g/mol. The molecule has 1 aromatic heterocycles. The van der Waals surface area contributed by atoms with Gasteiger partial charge in [-0.05, 0) is 82.0 Å². The Balaban J connectivity index is 1.96. The van der Waals surface area contributed by atoms with E-state index < -0.39 is 5.66 Å². The predicted octanol–water partition coefficient (Wildman–Crippen LogP) is 4.61. The minimum Gasteiger partial charge on any atom is -0.381 e. The maximum Gasteiger partial charge on any atom is 0.254 e. The van der Waals surface area contributed by atoms with Crippen LogP contribution in [0.2, 0.25) is 0 Å². The number of ketones is 1. The predicted molar refractivity (Wildman–Crippen MR) is 154 cm³/mol. The molecule has 8 nitrogen and oxygen atoms in total. The van der Waals surface area contributed by atoms with Gasteiger partial charge in [-0.25, -0.2) is 0 Å². The molecule has 2 atom stereocenters. The number of aromatic amines is 1. The van der Waals surface area contributed by atoms with Gasteiger partial charge >= 0.3 is 0 Å². The SMILES string of the molecule is COCC(C)(N)NC(=O)c1c(C)[nH]c(/C=C(\C(C)=O)c2cc(C(=O)NC(C)c3ccccc3)ccc2C)c1C. The molecule has 0 radical (unpaired) electrons. The second-order valence-electron chi connectivity index (χ2n) is 10.2. The van der Waals surface area contributed by atoms with Crippen LogP contribution in [-0.4, -0.2) is 42.0 Å². The molecule has 1 heterocycles. The normalized spacial score (nSPS) is 13.9. The number of aryl methyl sites for hydroxylation is 2. The van der Waals surface area contributed by atoms with Crippen LogP contribution in [0.5, 0.6) is 0 Å². The molecule has 3 rings (SSSR count). The monoisotopic (exact) mass is 530 g/mol. The van der Waals surface area contributed by atoms with Crippen LogP contribution in [0, 0.1) is 20.8 Å². The van der Waals surface area contributed by atoms with E-state index in [2.05, 4.69) is 15.6 Å². The van der Waals surface area contributed by atoms with Gasteiger partial charge in [-0.1, -0.05) is 36.4 Å². The number of hydrogen-bond donors (Lipinski definition) is 4. The van der Waals surface area contributed by atoms with Crippen molar-refractivity contribution in [1.29, 1.82) is 0 Å². The Kier molecular flexibility index (Phi) is 9.27. The summed E-state index contributed by atoms with van der Waals surface area (Å²) >= 11 is 0. The molecule has 39 heavy (non-hydrogen) atoms. The van der Waals surface area contributed by atoms with Crippen LogP contribution in [0.25, 0.3) is 11.6 Å². The maximum atomic E-state index is 13.1. The van der Waals surface area contributed by atoms with Crippen molar-refractivity contribution in [3.63, 3.8) is 0 Å². The zero-order chi connectivity index (χ0) is 28.9. The number of amides is 2. The largest absolute Gasteiger partial charge is 0.381 e. The molecular formula is C31H38N4O4. The lowest BCUT2D eigenvalue weighted by Gasteiger charge is -2.25. The van der Waals surface area contributed by atoms with E-state index >= 15 is 0 Å². The van der Waals surface area contributed by atoms with Crippen molar-refractivity contribution >= 4 is 29.2 Å². The Morgan fingerprint density at radius 2 is 1.74 bits per heavy atom. The molecule has 0 saturated carbocycles. The number of allylic oxidation sites excluding steroid dienone is 1. The highest BCUT2D eigenvalue weighted by Gasteiger charge is 2.26. The van der Waals surface area contributed by atoms with E-state index in [4.69, 9.17) is 10.5 Å². The van der Waals surface area contributed by atoms with Crippen LogP contribution in [0.4, 0.5) is 0 Å². The van der Waals surface area contributed by atoms with Gasteiger partial charge in [-0.2, -0.15) is 0 Å². The summed E-state index contributed by atoms with van der Waals surface area (Å²) in [5, 5.41) is 5.82. The van der Waals surface area contributed by atoms with E-state index in [1.165, 1.54) is 14.0 Å². The lowest BCUT2D eigenvalue weighted by Crippen LogP contribution is -2.56. The molecule has 0 fully saturated rings. The first kappa shape index (κ1) is 29.5. The van der Waals surface area contributed by atoms with Crippen LogP contribution in [-0.2, 0) is 9.53 Å². The van der Waals surface area contributed by atoms with Gasteiger partial charge < -0.3 is 26.1 Å². The lowest BCUT2D eigenvalue weighted by atomic mass is 9.94. The Labute approximate surface area is 230 Å². The quantitative estimate of drug-likeness (QED) is 0.225. The number of carbonyl (C=O) groups is 3. The molecule has 2 aromatic carbocycles. The second-order valence-corrected chi connectivity index (χ2v) is 10.2. The zero-order valence-corrected chi connectivity index (χ0v) is 23.7. The Bertz CT molecular complexity index is 1400. The van der Waals surface area contributed by atoms with Crippen LogP contribution < -0.4 is 16.4 Å². The van der Waals surface area contributed by atoms with Gasteiger partial charge in [0.05, 0.1) is 18.2 Å². The first-order valence-corrected chi connectivity index (χ1v) is 12.8. The standard InChI is InChI=1S/C31H38N4O4/c1-18-13-14-24(29(37)34-20(3)23-11-9-8-10-12-23)15-25(18)26(22(5)36)16-27-19(2)28(21(4)33-27)30(38)35-31(6,32)17-39-7/h8-16,20,33H,17,32H2,1-7H3,(H,34,37)(H,35,38)/b26-16+. The third-order valence-corrected chi connectivity index (χ3v) is 6.65. The number of methoxy groups -OCH3 is 1. The lowest BCUT2D eigenvalue weighted by molar-refractivity contribution is -0.111. The molecule has 3 aromatic rings. The maximum absolute atomic E-state index is 13.1. The summed E-state index contributed by atoms with van der Waals surface area (Å²) < 4.78 is 5.10. The molecule has 2 unspecified atom stereocenters. The summed E-state index contributed by atoms with van der Waals surface area (Å²) in [6.45, 7) is 10.7. The Hall–Kier alpha value is -4.01. The van der Waals surface area contributed by atoms with Crippen LogP contribution >= 0.6 is 0 Å². The number of H-pyrrole nitrogens is 1. The van der Waals surface area contributed by atoms with E-state index in [1.54, 1.807) is 32.1 Å². The highest BCUT2D eigenvalue weighted by molar-refractivity contribution is 6.25. The number of aromatic nitrogens is 1.